The smallest absolute Gasteiger partial charge is 0.410 e. The summed E-state index contributed by atoms with van der Waals surface area (Å²) in [6, 6.07) is 3.63. The summed E-state index contributed by atoms with van der Waals surface area (Å²) < 4.78 is 5.46. The van der Waals surface area contributed by atoms with Crippen molar-refractivity contribution in [2.24, 2.45) is 5.92 Å². The zero-order valence-electron chi connectivity index (χ0n) is 12.2. The Morgan fingerprint density at radius 1 is 1.45 bits per heavy atom. The number of amides is 1. The molecule has 20 heavy (non-hydrogen) atoms. The largest absolute Gasteiger partial charge is 0.444 e. The fourth-order valence-corrected chi connectivity index (χ4v) is 1.95. The zero-order chi connectivity index (χ0) is 14.8. The van der Waals surface area contributed by atoms with E-state index in [1.807, 2.05) is 26.8 Å². The molecule has 0 radical (unpaired) electrons. The van der Waals surface area contributed by atoms with Gasteiger partial charge in [-0.1, -0.05) is 11.6 Å². The van der Waals surface area contributed by atoms with Crippen LogP contribution in [-0.4, -0.2) is 28.1 Å². The Morgan fingerprint density at radius 2 is 2.15 bits per heavy atom. The average molecular weight is 297 g/mol. The van der Waals surface area contributed by atoms with E-state index < -0.39 is 5.60 Å². The monoisotopic (exact) mass is 296 g/mol. The van der Waals surface area contributed by atoms with Gasteiger partial charge in [0.1, 0.15) is 5.60 Å². The van der Waals surface area contributed by atoms with Gasteiger partial charge in [0.15, 0.2) is 0 Å². The first kappa shape index (κ1) is 15.1. The standard InChI is InChI=1S/C15H21ClN2O2/c1-15(2,3)20-14(19)18(9-11-4-5-11)10-13-7-6-12(16)8-17-13/h6-8,11H,4-5,9-10H2,1-3H3. The minimum Gasteiger partial charge on any atom is -0.444 e. The number of halogens is 1. The van der Waals surface area contributed by atoms with Crippen molar-refractivity contribution in [1.82, 2.24) is 9.88 Å². The highest BCUT2D eigenvalue weighted by molar-refractivity contribution is 6.30. The van der Waals surface area contributed by atoms with Crippen LogP contribution < -0.4 is 0 Å². The summed E-state index contributed by atoms with van der Waals surface area (Å²) in [6.45, 7) is 6.82. The van der Waals surface area contributed by atoms with Crippen LogP contribution in [0, 0.1) is 5.92 Å². The lowest BCUT2D eigenvalue weighted by Crippen LogP contribution is -2.37. The molecule has 1 aliphatic carbocycles. The van der Waals surface area contributed by atoms with Gasteiger partial charge in [-0.2, -0.15) is 0 Å². The number of carbonyl (C=O) groups excluding carboxylic acids is 1. The van der Waals surface area contributed by atoms with Crippen molar-refractivity contribution in [1.29, 1.82) is 0 Å². The van der Waals surface area contributed by atoms with E-state index in [2.05, 4.69) is 4.98 Å². The van der Waals surface area contributed by atoms with Crippen molar-refractivity contribution in [2.75, 3.05) is 6.54 Å². The third kappa shape index (κ3) is 5.00. The molecular formula is C15H21ClN2O2. The predicted octanol–water partition coefficient (Wildman–Crippen LogP) is 3.88. The number of pyridine rings is 1. The summed E-state index contributed by atoms with van der Waals surface area (Å²) in [5.41, 5.74) is 0.340. The highest BCUT2D eigenvalue weighted by Gasteiger charge is 2.29. The summed E-state index contributed by atoms with van der Waals surface area (Å²) in [4.78, 5) is 18.2. The highest BCUT2D eigenvalue weighted by atomic mass is 35.5. The zero-order valence-corrected chi connectivity index (χ0v) is 13.0. The molecule has 1 aliphatic rings. The molecule has 0 atom stereocenters. The number of nitrogens with zero attached hydrogens (tertiary/aromatic N) is 2. The maximum absolute atomic E-state index is 12.2. The first-order valence-electron chi connectivity index (χ1n) is 6.92. The first-order valence-corrected chi connectivity index (χ1v) is 7.29. The Hall–Kier alpha value is -1.29. The molecule has 0 aliphatic heterocycles. The molecule has 1 amide bonds. The second-order valence-corrected chi connectivity index (χ2v) is 6.71. The summed E-state index contributed by atoms with van der Waals surface area (Å²) >= 11 is 5.82. The van der Waals surface area contributed by atoms with E-state index in [1.165, 1.54) is 12.8 Å². The van der Waals surface area contributed by atoms with Crippen LogP contribution in [0.25, 0.3) is 0 Å². The molecule has 1 fully saturated rings. The van der Waals surface area contributed by atoms with Crippen molar-refractivity contribution in [3.63, 3.8) is 0 Å². The molecule has 1 aromatic rings. The molecule has 0 saturated heterocycles. The van der Waals surface area contributed by atoms with Gasteiger partial charge in [-0.15, -0.1) is 0 Å². The molecule has 0 aromatic carbocycles. The molecule has 4 nitrogen and oxygen atoms in total. The molecule has 1 aromatic heterocycles. The lowest BCUT2D eigenvalue weighted by molar-refractivity contribution is 0.0222. The van der Waals surface area contributed by atoms with Crippen LogP contribution in [0.1, 0.15) is 39.3 Å². The van der Waals surface area contributed by atoms with Crippen LogP contribution in [0.3, 0.4) is 0 Å². The Bertz CT molecular complexity index is 464. The Morgan fingerprint density at radius 3 is 2.65 bits per heavy atom. The molecule has 2 rings (SSSR count). The van der Waals surface area contributed by atoms with Gasteiger partial charge < -0.3 is 9.64 Å². The first-order chi connectivity index (χ1) is 9.33. The third-order valence-corrected chi connectivity index (χ3v) is 3.19. The number of rotatable bonds is 4. The summed E-state index contributed by atoms with van der Waals surface area (Å²) in [5.74, 6) is 0.606. The third-order valence-electron chi connectivity index (χ3n) is 2.97. The number of ether oxygens (including phenoxy) is 1. The van der Waals surface area contributed by atoms with Crippen molar-refractivity contribution < 1.29 is 9.53 Å². The quantitative estimate of drug-likeness (QED) is 0.846. The number of carbonyl (C=O) groups is 1. The van der Waals surface area contributed by atoms with Crippen LogP contribution >= 0.6 is 11.6 Å². The van der Waals surface area contributed by atoms with Crippen LogP contribution in [0.4, 0.5) is 4.79 Å². The Balaban J connectivity index is 2.02. The van der Waals surface area contributed by atoms with E-state index in [0.717, 1.165) is 12.2 Å². The maximum Gasteiger partial charge on any atom is 0.410 e. The van der Waals surface area contributed by atoms with Gasteiger partial charge in [0.25, 0.3) is 0 Å². The topological polar surface area (TPSA) is 42.4 Å². The molecule has 1 saturated carbocycles. The molecule has 0 N–H and O–H groups in total. The van der Waals surface area contributed by atoms with Gasteiger partial charge >= 0.3 is 6.09 Å². The lowest BCUT2D eigenvalue weighted by atomic mass is 10.2. The molecule has 110 valence electrons. The van der Waals surface area contributed by atoms with Gasteiger partial charge in [0.05, 0.1) is 17.3 Å². The van der Waals surface area contributed by atoms with Crippen molar-refractivity contribution >= 4 is 17.7 Å². The Labute approximate surface area is 125 Å². The van der Waals surface area contributed by atoms with E-state index in [4.69, 9.17) is 16.3 Å². The summed E-state index contributed by atoms with van der Waals surface area (Å²) in [5, 5.41) is 0.597. The second-order valence-electron chi connectivity index (χ2n) is 6.27. The molecule has 0 spiro atoms. The van der Waals surface area contributed by atoms with Gasteiger partial charge in [0, 0.05) is 12.7 Å². The average Bonchev–Trinajstić information content (AvgIpc) is 3.13. The number of hydrogen-bond acceptors (Lipinski definition) is 3. The summed E-state index contributed by atoms with van der Waals surface area (Å²) in [7, 11) is 0. The van der Waals surface area contributed by atoms with Crippen LogP contribution in [0.15, 0.2) is 18.3 Å². The lowest BCUT2D eigenvalue weighted by Gasteiger charge is -2.27. The molecule has 1 heterocycles. The van der Waals surface area contributed by atoms with Gasteiger partial charge in [-0.05, 0) is 51.7 Å². The minimum atomic E-state index is -0.480. The predicted molar refractivity (Wildman–Crippen MR) is 78.6 cm³/mol. The van der Waals surface area contributed by atoms with Crippen LogP contribution in [0.5, 0.6) is 0 Å². The van der Waals surface area contributed by atoms with Crippen molar-refractivity contribution in [3.05, 3.63) is 29.0 Å². The molecule has 0 unspecified atom stereocenters. The van der Waals surface area contributed by atoms with Gasteiger partial charge in [0.2, 0.25) is 0 Å². The van der Waals surface area contributed by atoms with Crippen molar-refractivity contribution in [3.8, 4) is 0 Å². The number of hydrogen-bond donors (Lipinski definition) is 0. The van der Waals surface area contributed by atoms with Crippen LogP contribution in [-0.2, 0) is 11.3 Å². The fourth-order valence-electron chi connectivity index (χ4n) is 1.84. The highest BCUT2D eigenvalue weighted by Crippen LogP contribution is 2.30. The van der Waals surface area contributed by atoms with Gasteiger partial charge in [-0.25, -0.2) is 4.79 Å². The Kier molecular flexibility index (Phi) is 4.53. The summed E-state index contributed by atoms with van der Waals surface area (Å²) in [6.07, 6.45) is 3.70. The maximum atomic E-state index is 12.2. The SMILES string of the molecule is CC(C)(C)OC(=O)N(Cc1ccc(Cl)cn1)CC1CC1. The van der Waals surface area contributed by atoms with Gasteiger partial charge in [-0.3, -0.25) is 4.98 Å². The molecule has 0 bridgehead atoms. The van der Waals surface area contributed by atoms with E-state index in [0.29, 0.717) is 17.5 Å². The second kappa shape index (κ2) is 6.00. The minimum absolute atomic E-state index is 0.277. The molecular weight excluding hydrogens is 276 g/mol. The molecule has 5 heteroatoms. The van der Waals surface area contributed by atoms with Crippen molar-refractivity contribution in [2.45, 2.75) is 45.8 Å². The van der Waals surface area contributed by atoms with E-state index >= 15 is 0 Å². The van der Waals surface area contributed by atoms with E-state index in [-0.39, 0.29) is 6.09 Å². The normalized spacial score (nSPS) is 15.0. The van der Waals surface area contributed by atoms with Crippen LogP contribution in [0.2, 0.25) is 5.02 Å². The van der Waals surface area contributed by atoms with E-state index in [1.54, 1.807) is 17.2 Å². The van der Waals surface area contributed by atoms with E-state index in [9.17, 15) is 4.79 Å². The number of aromatic nitrogens is 1. The fraction of sp³-hybridized carbons (Fsp3) is 0.600.